The van der Waals surface area contributed by atoms with E-state index in [1.807, 2.05) is 143 Å². The van der Waals surface area contributed by atoms with Gasteiger partial charge in [0, 0.05) is 50.5 Å². The van der Waals surface area contributed by atoms with Gasteiger partial charge in [0.15, 0.2) is 0 Å². The van der Waals surface area contributed by atoms with Crippen molar-refractivity contribution in [3.8, 4) is 0 Å². The van der Waals surface area contributed by atoms with Gasteiger partial charge in [0.2, 0.25) is 0 Å². The molecule has 0 saturated heterocycles. The van der Waals surface area contributed by atoms with Gasteiger partial charge in [-0.15, -0.1) is 0 Å². The van der Waals surface area contributed by atoms with E-state index < -0.39 is 0 Å². The highest BCUT2D eigenvalue weighted by Gasteiger charge is 1.97. The van der Waals surface area contributed by atoms with Crippen LogP contribution >= 0.6 is 0 Å². The third-order valence-corrected chi connectivity index (χ3v) is 5.25. The Morgan fingerprint density at radius 2 is 0.800 bits per heavy atom. The Balaban J connectivity index is -0.0000000900. The second kappa shape index (κ2) is 47.6. The maximum atomic E-state index is 4.18. The van der Waals surface area contributed by atoms with Gasteiger partial charge in [-0.05, 0) is 76.6 Å². The van der Waals surface area contributed by atoms with E-state index in [1.165, 1.54) is 16.7 Å². The minimum Gasteiger partial charge on any atom is -0.265 e. The van der Waals surface area contributed by atoms with Crippen molar-refractivity contribution in [2.75, 3.05) is 0 Å². The molecule has 4 rings (SSSR count). The second-order valence-electron chi connectivity index (χ2n) is 11.3. The van der Waals surface area contributed by atoms with Gasteiger partial charge in [-0.3, -0.25) is 15.0 Å². The summed E-state index contributed by atoms with van der Waals surface area (Å²) in [5.74, 6) is 3.13. The van der Waals surface area contributed by atoms with E-state index in [4.69, 9.17) is 0 Å². The number of nitrogens with zero attached hydrogens (tertiary/aromatic N) is 5. The van der Waals surface area contributed by atoms with Crippen molar-refractivity contribution in [3.05, 3.63) is 115 Å². The third kappa shape index (κ3) is 42.6. The third-order valence-electron chi connectivity index (χ3n) is 5.25. The molecule has 0 saturated carbocycles. The Morgan fingerprint density at radius 1 is 0.380 bits per heavy atom. The van der Waals surface area contributed by atoms with Crippen LogP contribution in [0.5, 0.6) is 0 Å². The molecule has 50 heavy (non-hydrogen) atoms. The molecule has 4 heterocycles. The SMILES string of the molecule is CC.CC.CC.CC.CC.CC(C)C.CC(C)c1ccccn1.CC(C)c1cccnc1.CC(C)c1ccncc1.CC(C)c1cncnc1.[2HH]. The molecule has 5 heteroatoms. The lowest BCUT2D eigenvalue weighted by Gasteiger charge is -2.01. The summed E-state index contributed by atoms with van der Waals surface area (Å²) in [6, 6.07) is 14.2. The molecule has 0 atom stereocenters. The average Bonchev–Trinajstić information content (AvgIpc) is 3.17. The highest BCUT2D eigenvalue weighted by atomic mass is 14.8. The maximum Gasteiger partial charge on any atom is 0.115 e. The molecular formula is C45H85N5. The number of hydrogen-bond donors (Lipinski definition) is 0. The van der Waals surface area contributed by atoms with Crippen LogP contribution < -0.4 is 0 Å². The Hall–Kier alpha value is -3.47. The second-order valence-corrected chi connectivity index (χ2v) is 11.3. The van der Waals surface area contributed by atoms with Gasteiger partial charge in [0.1, 0.15) is 6.33 Å². The zero-order chi connectivity index (χ0) is 40.3. The van der Waals surface area contributed by atoms with E-state index in [0.717, 1.165) is 11.6 Å². The minimum atomic E-state index is 0. The highest BCUT2D eigenvalue weighted by molar-refractivity contribution is 5.13. The molecular weight excluding hydrogens is 611 g/mol. The minimum absolute atomic E-state index is 0. The van der Waals surface area contributed by atoms with Gasteiger partial charge in [-0.25, -0.2) is 9.97 Å². The number of rotatable bonds is 4. The van der Waals surface area contributed by atoms with Gasteiger partial charge >= 0.3 is 0 Å². The van der Waals surface area contributed by atoms with Crippen LogP contribution in [0.4, 0.5) is 0 Å². The molecule has 0 fully saturated rings. The lowest BCUT2D eigenvalue weighted by atomic mass is 10.1. The van der Waals surface area contributed by atoms with E-state index in [0.29, 0.717) is 23.7 Å². The average molecular weight is 697 g/mol. The fraction of sp³-hybridized carbons (Fsp3) is 0.578. The number of pyridine rings is 3. The van der Waals surface area contributed by atoms with Crippen molar-refractivity contribution in [1.82, 2.24) is 24.9 Å². The zero-order valence-corrected chi connectivity index (χ0v) is 36.8. The molecule has 0 radical (unpaired) electrons. The molecule has 4 aromatic rings. The number of hydrogen-bond acceptors (Lipinski definition) is 5. The lowest BCUT2D eigenvalue weighted by Crippen LogP contribution is -1.88. The fourth-order valence-corrected chi connectivity index (χ4v) is 2.79. The van der Waals surface area contributed by atoms with Crippen molar-refractivity contribution >= 4 is 0 Å². The van der Waals surface area contributed by atoms with Crippen molar-refractivity contribution in [2.45, 2.75) is 169 Å². The molecule has 0 N–H and O–H groups in total. The Kier molecular flexibility index (Phi) is 56.0. The molecule has 290 valence electrons. The molecule has 0 amide bonds. The Labute approximate surface area is 315 Å². The molecule has 0 unspecified atom stereocenters. The summed E-state index contributed by atoms with van der Waals surface area (Å²) < 4.78 is 0. The zero-order valence-electron chi connectivity index (χ0n) is 36.8. The molecule has 0 bridgehead atoms. The van der Waals surface area contributed by atoms with Crippen LogP contribution in [0.25, 0.3) is 0 Å². The summed E-state index contributed by atoms with van der Waals surface area (Å²) in [6.07, 6.45) is 14.4. The van der Waals surface area contributed by atoms with Gasteiger partial charge < -0.3 is 0 Å². The molecule has 0 aliphatic heterocycles. The lowest BCUT2D eigenvalue weighted by molar-refractivity contribution is 0.737. The van der Waals surface area contributed by atoms with Crippen molar-refractivity contribution in [3.63, 3.8) is 0 Å². The van der Waals surface area contributed by atoms with Crippen LogP contribution in [0.2, 0.25) is 0 Å². The van der Waals surface area contributed by atoms with E-state index in [9.17, 15) is 0 Å². The smallest absolute Gasteiger partial charge is 0.115 e. The van der Waals surface area contributed by atoms with Gasteiger partial charge in [-0.1, -0.05) is 158 Å². The van der Waals surface area contributed by atoms with Crippen LogP contribution in [0, 0.1) is 5.92 Å². The molecule has 0 spiro atoms. The van der Waals surface area contributed by atoms with Crippen molar-refractivity contribution in [2.24, 2.45) is 5.92 Å². The predicted molar refractivity (Wildman–Crippen MR) is 230 cm³/mol. The standard InChI is InChI=1S/3C8H11N.C7H10N2.C4H10.5C2H6.H2/c1-7(2)8-3-5-9-6-4-8;1-7(2)8-4-3-5-9-6-8;1-7(2)8-5-3-4-6-9-8;1-6(2)7-3-8-5-9-4-7;1-4(2)3;5*1-2;/h3*3-7H,1-2H3;3-6H,1-2H3;4H,1-3H3;5*1-2H3;1H/i;;;;;;;;;;1+1. The van der Waals surface area contributed by atoms with Crippen molar-refractivity contribution in [1.29, 1.82) is 0 Å². The Morgan fingerprint density at radius 3 is 1.04 bits per heavy atom. The summed E-state index contributed by atoms with van der Waals surface area (Å²) in [5.41, 5.74) is 5.01. The molecule has 4 aromatic heterocycles. The molecule has 5 nitrogen and oxygen atoms in total. The van der Waals surface area contributed by atoms with Crippen LogP contribution in [0.3, 0.4) is 0 Å². The monoisotopic (exact) mass is 697 g/mol. The fourth-order valence-electron chi connectivity index (χ4n) is 2.79. The Bertz CT molecular complexity index is 898. The largest absolute Gasteiger partial charge is 0.265 e. The van der Waals surface area contributed by atoms with Crippen LogP contribution in [0.15, 0.2) is 92.2 Å². The van der Waals surface area contributed by atoms with Crippen LogP contribution in [-0.2, 0) is 0 Å². The van der Waals surface area contributed by atoms with E-state index in [1.54, 1.807) is 12.5 Å². The van der Waals surface area contributed by atoms with Gasteiger partial charge in [-0.2, -0.15) is 0 Å². The molecule has 0 aliphatic carbocycles. The summed E-state index contributed by atoms with van der Waals surface area (Å²) in [4.78, 5) is 19.9. The first-order chi connectivity index (χ1) is 24.0. The first kappa shape index (κ1) is 58.7. The highest BCUT2D eigenvalue weighted by Crippen LogP contribution is 2.12. The number of aromatic nitrogens is 5. The maximum absolute atomic E-state index is 4.18. The van der Waals surface area contributed by atoms with E-state index in [-0.39, 0.29) is 1.43 Å². The first-order valence-corrected chi connectivity index (χ1v) is 19.4. The molecule has 0 aromatic carbocycles. The first-order valence-electron chi connectivity index (χ1n) is 19.4. The van der Waals surface area contributed by atoms with Crippen LogP contribution in [0.1, 0.15) is 193 Å². The predicted octanol–water partition coefficient (Wildman–Crippen LogP) is 15.3. The van der Waals surface area contributed by atoms with Crippen molar-refractivity contribution < 1.29 is 1.43 Å². The van der Waals surface area contributed by atoms with E-state index in [2.05, 4.69) is 107 Å². The van der Waals surface area contributed by atoms with E-state index >= 15 is 0 Å². The van der Waals surface area contributed by atoms with Gasteiger partial charge in [0.05, 0.1) is 0 Å². The quantitative estimate of drug-likeness (QED) is 0.212. The van der Waals surface area contributed by atoms with Gasteiger partial charge in [0.25, 0.3) is 0 Å². The summed E-state index contributed by atoms with van der Waals surface area (Å²) >= 11 is 0. The molecule has 0 aliphatic rings. The normalized spacial score (nSPS) is 8.60. The van der Waals surface area contributed by atoms with Crippen LogP contribution in [-0.4, -0.2) is 24.9 Å². The summed E-state index contributed by atoms with van der Waals surface area (Å²) in [5, 5.41) is 0. The topological polar surface area (TPSA) is 64.5 Å². The summed E-state index contributed by atoms with van der Waals surface area (Å²) in [7, 11) is 0. The summed E-state index contributed by atoms with van der Waals surface area (Å²) in [6.45, 7) is 43.7.